The van der Waals surface area contributed by atoms with E-state index in [1.165, 1.54) is 24.3 Å². The fourth-order valence-corrected chi connectivity index (χ4v) is 2.93. The second kappa shape index (κ2) is 4.49. The van der Waals surface area contributed by atoms with E-state index in [0.29, 0.717) is 5.56 Å². The quantitative estimate of drug-likeness (QED) is 0.838. The van der Waals surface area contributed by atoms with Gasteiger partial charge in [0.15, 0.2) is 0 Å². The van der Waals surface area contributed by atoms with Crippen molar-refractivity contribution in [2.24, 2.45) is 0 Å². The van der Waals surface area contributed by atoms with Crippen LogP contribution in [0.4, 0.5) is 8.78 Å². The lowest BCUT2D eigenvalue weighted by atomic mass is 10.2. The van der Waals surface area contributed by atoms with Crippen LogP contribution >= 0.6 is 0 Å². The molecule has 2 rings (SSSR count). The van der Waals surface area contributed by atoms with Crippen molar-refractivity contribution in [3.8, 4) is 0 Å². The highest BCUT2D eigenvalue weighted by molar-refractivity contribution is 7.91. The van der Waals surface area contributed by atoms with Crippen molar-refractivity contribution in [3.63, 3.8) is 0 Å². The molecule has 0 amide bonds. The summed E-state index contributed by atoms with van der Waals surface area (Å²) in [6, 6.07) is 8.32. The first kappa shape index (κ1) is 12.7. The molecule has 0 saturated heterocycles. The lowest BCUT2D eigenvalue weighted by molar-refractivity contribution is 0.564. The van der Waals surface area contributed by atoms with E-state index in [-0.39, 0.29) is 4.90 Å². The van der Waals surface area contributed by atoms with Crippen molar-refractivity contribution in [2.75, 3.05) is 0 Å². The standard InChI is InChI=1S/C13H10F2O2S/c1-9-5-6-13(12(15)7-9)18(16,17)11-4-2-3-10(14)8-11/h2-8H,1H3. The third-order valence-corrected chi connectivity index (χ3v) is 4.27. The smallest absolute Gasteiger partial charge is 0.209 e. The summed E-state index contributed by atoms with van der Waals surface area (Å²) in [6.07, 6.45) is 0. The SMILES string of the molecule is Cc1ccc(S(=O)(=O)c2cccc(F)c2)c(F)c1. The molecule has 0 aromatic heterocycles. The molecule has 2 nitrogen and oxygen atoms in total. The van der Waals surface area contributed by atoms with Crippen LogP contribution in [0, 0.1) is 18.6 Å². The van der Waals surface area contributed by atoms with E-state index in [4.69, 9.17) is 0 Å². The normalized spacial score (nSPS) is 11.5. The average molecular weight is 268 g/mol. The highest BCUT2D eigenvalue weighted by atomic mass is 32.2. The average Bonchev–Trinajstić information content (AvgIpc) is 2.28. The summed E-state index contributed by atoms with van der Waals surface area (Å²) < 4.78 is 50.9. The van der Waals surface area contributed by atoms with Gasteiger partial charge in [-0.3, -0.25) is 0 Å². The molecule has 0 aliphatic carbocycles. The Hall–Kier alpha value is -1.75. The Balaban J connectivity index is 2.62. The molecule has 0 bridgehead atoms. The fourth-order valence-electron chi connectivity index (χ4n) is 1.58. The largest absolute Gasteiger partial charge is 0.218 e. The number of benzene rings is 2. The third kappa shape index (κ3) is 2.26. The van der Waals surface area contributed by atoms with Gasteiger partial charge in [0.1, 0.15) is 16.5 Å². The van der Waals surface area contributed by atoms with Crippen LogP contribution in [0.3, 0.4) is 0 Å². The van der Waals surface area contributed by atoms with Gasteiger partial charge in [-0.25, -0.2) is 17.2 Å². The Morgan fingerprint density at radius 3 is 2.33 bits per heavy atom. The molecular weight excluding hydrogens is 258 g/mol. The van der Waals surface area contributed by atoms with Gasteiger partial charge in [-0.2, -0.15) is 0 Å². The number of rotatable bonds is 2. The molecule has 18 heavy (non-hydrogen) atoms. The first-order valence-electron chi connectivity index (χ1n) is 5.18. The van der Waals surface area contributed by atoms with Crippen LogP contribution < -0.4 is 0 Å². The van der Waals surface area contributed by atoms with E-state index in [1.54, 1.807) is 6.92 Å². The summed E-state index contributed by atoms with van der Waals surface area (Å²) in [4.78, 5) is -0.705. The lowest BCUT2D eigenvalue weighted by Crippen LogP contribution is -2.05. The van der Waals surface area contributed by atoms with Crippen molar-refractivity contribution >= 4 is 9.84 Å². The number of aryl methyl sites for hydroxylation is 1. The van der Waals surface area contributed by atoms with Gasteiger partial charge in [-0.05, 0) is 42.8 Å². The fraction of sp³-hybridized carbons (Fsp3) is 0.0769. The van der Waals surface area contributed by atoms with Crippen molar-refractivity contribution in [3.05, 3.63) is 59.7 Å². The van der Waals surface area contributed by atoms with Crippen molar-refractivity contribution < 1.29 is 17.2 Å². The zero-order valence-electron chi connectivity index (χ0n) is 9.52. The molecule has 5 heteroatoms. The van der Waals surface area contributed by atoms with E-state index >= 15 is 0 Å². The number of halogens is 2. The molecule has 0 aliphatic rings. The molecule has 0 aliphatic heterocycles. The van der Waals surface area contributed by atoms with Gasteiger partial charge in [0.25, 0.3) is 0 Å². The summed E-state index contributed by atoms with van der Waals surface area (Å²) in [6.45, 7) is 1.65. The Labute approximate surface area is 104 Å². The Kier molecular flexibility index (Phi) is 3.17. The molecule has 0 heterocycles. The summed E-state index contributed by atoms with van der Waals surface area (Å²) in [5, 5.41) is 0. The molecule has 0 atom stereocenters. The summed E-state index contributed by atoms with van der Waals surface area (Å²) in [7, 11) is -4.02. The molecule has 0 radical (unpaired) electrons. The van der Waals surface area contributed by atoms with Gasteiger partial charge in [0, 0.05) is 0 Å². The van der Waals surface area contributed by atoms with Crippen LogP contribution in [-0.4, -0.2) is 8.42 Å². The van der Waals surface area contributed by atoms with Crippen LogP contribution in [0.2, 0.25) is 0 Å². The summed E-state index contributed by atoms with van der Waals surface area (Å²) >= 11 is 0. The monoisotopic (exact) mass is 268 g/mol. The van der Waals surface area contributed by atoms with Gasteiger partial charge >= 0.3 is 0 Å². The van der Waals surface area contributed by atoms with Gasteiger partial charge in [-0.15, -0.1) is 0 Å². The molecular formula is C13H10F2O2S. The summed E-state index contributed by atoms with van der Waals surface area (Å²) in [5.74, 6) is -1.51. The second-order valence-electron chi connectivity index (χ2n) is 3.89. The Bertz CT molecular complexity index is 694. The number of hydrogen-bond donors (Lipinski definition) is 0. The molecule has 94 valence electrons. The van der Waals surface area contributed by atoms with Gasteiger partial charge < -0.3 is 0 Å². The zero-order chi connectivity index (χ0) is 13.3. The van der Waals surface area contributed by atoms with Crippen LogP contribution in [0.25, 0.3) is 0 Å². The Morgan fingerprint density at radius 1 is 1.00 bits per heavy atom. The lowest BCUT2D eigenvalue weighted by Gasteiger charge is -2.06. The van der Waals surface area contributed by atoms with Crippen LogP contribution in [0.1, 0.15) is 5.56 Å². The number of hydrogen-bond acceptors (Lipinski definition) is 2. The predicted octanol–water partition coefficient (Wildman–Crippen LogP) is 3.11. The minimum Gasteiger partial charge on any atom is -0.218 e. The predicted molar refractivity (Wildman–Crippen MR) is 63.0 cm³/mol. The Morgan fingerprint density at radius 2 is 1.72 bits per heavy atom. The maximum Gasteiger partial charge on any atom is 0.209 e. The van der Waals surface area contributed by atoms with E-state index in [2.05, 4.69) is 0 Å². The maximum atomic E-state index is 13.7. The van der Waals surface area contributed by atoms with E-state index < -0.39 is 26.4 Å². The van der Waals surface area contributed by atoms with E-state index in [0.717, 1.165) is 18.2 Å². The molecule has 2 aromatic carbocycles. The minimum absolute atomic E-state index is 0.259. The second-order valence-corrected chi connectivity index (χ2v) is 5.81. The molecule has 0 fully saturated rings. The van der Waals surface area contributed by atoms with Gasteiger partial charge in [0.05, 0.1) is 4.90 Å². The topological polar surface area (TPSA) is 34.1 Å². The van der Waals surface area contributed by atoms with Crippen molar-refractivity contribution in [2.45, 2.75) is 16.7 Å². The van der Waals surface area contributed by atoms with Crippen molar-refractivity contribution in [1.29, 1.82) is 0 Å². The van der Waals surface area contributed by atoms with E-state index in [1.807, 2.05) is 0 Å². The molecule has 2 aromatic rings. The van der Waals surface area contributed by atoms with Crippen LogP contribution in [0.5, 0.6) is 0 Å². The van der Waals surface area contributed by atoms with Gasteiger partial charge in [-0.1, -0.05) is 12.1 Å². The molecule has 0 N–H and O–H groups in total. The first-order chi connectivity index (χ1) is 8.41. The highest BCUT2D eigenvalue weighted by Gasteiger charge is 2.22. The van der Waals surface area contributed by atoms with Crippen LogP contribution in [0.15, 0.2) is 52.3 Å². The zero-order valence-corrected chi connectivity index (χ0v) is 10.3. The van der Waals surface area contributed by atoms with Gasteiger partial charge in [0.2, 0.25) is 9.84 Å². The number of sulfone groups is 1. The third-order valence-electron chi connectivity index (χ3n) is 2.48. The van der Waals surface area contributed by atoms with E-state index in [9.17, 15) is 17.2 Å². The molecule has 0 saturated carbocycles. The highest BCUT2D eigenvalue weighted by Crippen LogP contribution is 2.24. The molecule has 0 spiro atoms. The minimum atomic E-state index is -4.02. The first-order valence-corrected chi connectivity index (χ1v) is 6.66. The summed E-state index contributed by atoms with van der Waals surface area (Å²) in [5.41, 5.74) is 0.616. The van der Waals surface area contributed by atoms with Crippen molar-refractivity contribution in [1.82, 2.24) is 0 Å². The maximum absolute atomic E-state index is 13.7. The van der Waals surface area contributed by atoms with Crippen LogP contribution in [-0.2, 0) is 9.84 Å². The molecule has 0 unspecified atom stereocenters.